The van der Waals surface area contributed by atoms with Crippen LogP contribution in [-0.2, 0) is 13.8 Å². The Morgan fingerprint density at radius 3 is 2.59 bits per heavy atom. The van der Waals surface area contributed by atoms with Gasteiger partial charge in [-0.2, -0.15) is 5.26 Å². The summed E-state index contributed by atoms with van der Waals surface area (Å²) in [6.45, 7) is 9.76. The summed E-state index contributed by atoms with van der Waals surface area (Å²) < 4.78 is 35.8. The molecule has 5 atom stereocenters. The van der Waals surface area contributed by atoms with Crippen molar-refractivity contribution in [2.24, 2.45) is 0 Å². The summed E-state index contributed by atoms with van der Waals surface area (Å²) in [6.07, 6.45) is -3.11. The zero-order valence-corrected chi connectivity index (χ0v) is 18.1. The quantitative estimate of drug-likeness (QED) is 0.473. The van der Waals surface area contributed by atoms with Crippen molar-refractivity contribution in [2.45, 2.75) is 77.7 Å². The highest BCUT2D eigenvalue weighted by molar-refractivity contribution is 7.44. The van der Waals surface area contributed by atoms with Crippen LogP contribution in [0, 0.1) is 11.3 Å². The van der Waals surface area contributed by atoms with Crippen LogP contribution >= 0.6 is 8.53 Å². The van der Waals surface area contributed by atoms with Crippen LogP contribution in [0.5, 0.6) is 0 Å². The highest BCUT2D eigenvalue weighted by Gasteiger charge is 2.47. The van der Waals surface area contributed by atoms with Crippen LogP contribution in [0.3, 0.4) is 0 Å². The van der Waals surface area contributed by atoms with Crippen LogP contribution in [0.15, 0.2) is 21.9 Å². The number of rotatable bonds is 9. The number of halogens is 1. The topological polar surface area (TPSA) is 110 Å². The van der Waals surface area contributed by atoms with Crippen molar-refractivity contribution in [3.8, 4) is 6.07 Å². The summed E-state index contributed by atoms with van der Waals surface area (Å²) in [5.74, 6) is 0. The lowest BCUT2D eigenvalue weighted by Gasteiger charge is -2.37. The largest absolute Gasteiger partial charge is 0.349 e. The minimum Gasteiger partial charge on any atom is -0.349 e. The first kappa shape index (κ1) is 23.6. The van der Waals surface area contributed by atoms with Crippen molar-refractivity contribution in [1.82, 2.24) is 14.2 Å². The average Bonchev–Trinajstić information content (AvgIpc) is 2.89. The maximum Gasteiger partial charge on any atom is 0.330 e. The van der Waals surface area contributed by atoms with Crippen molar-refractivity contribution in [3.63, 3.8) is 0 Å². The molecule has 29 heavy (non-hydrogen) atoms. The van der Waals surface area contributed by atoms with Gasteiger partial charge in [0.15, 0.2) is 12.4 Å². The molecule has 1 aliphatic heterocycles. The number of hydrogen-bond donors (Lipinski definition) is 1. The van der Waals surface area contributed by atoms with Gasteiger partial charge in [-0.1, -0.05) is 0 Å². The fourth-order valence-corrected chi connectivity index (χ4v) is 4.98. The second kappa shape index (κ2) is 10.4. The van der Waals surface area contributed by atoms with Crippen molar-refractivity contribution >= 4 is 8.53 Å². The van der Waals surface area contributed by atoms with Gasteiger partial charge in [0.1, 0.15) is 6.10 Å². The predicted molar refractivity (Wildman–Crippen MR) is 106 cm³/mol. The van der Waals surface area contributed by atoms with Gasteiger partial charge < -0.3 is 13.8 Å². The molecule has 2 rings (SSSR count). The van der Waals surface area contributed by atoms with E-state index in [1.54, 1.807) is 6.92 Å². The molecule has 0 spiro atoms. The molecule has 1 fully saturated rings. The summed E-state index contributed by atoms with van der Waals surface area (Å²) in [5, 5.41) is 8.80. The summed E-state index contributed by atoms with van der Waals surface area (Å²) in [6, 6.07) is 3.28. The highest BCUT2D eigenvalue weighted by atomic mass is 31.2. The summed E-state index contributed by atoms with van der Waals surface area (Å²) >= 11 is 0. The number of nitrogens with zero attached hydrogens (tertiary/aromatic N) is 3. The van der Waals surface area contributed by atoms with Gasteiger partial charge in [0, 0.05) is 24.3 Å². The monoisotopic (exact) mass is 430 g/mol. The van der Waals surface area contributed by atoms with E-state index in [2.05, 4.69) is 4.98 Å². The van der Waals surface area contributed by atoms with E-state index in [0.29, 0.717) is 0 Å². The van der Waals surface area contributed by atoms with Gasteiger partial charge in [0.25, 0.3) is 14.1 Å². The maximum atomic E-state index is 15.3. The van der Waals surface area contributed by atoms with Crippen LogP contribution in [-0.4, -0.2) is 51.3 Å². The van der Waals surface area contributed by atoms with Crippen LogP contribution in [0.4, 0.5) is 4.39 Å². The number of alkyl halides is 1. The van der Waals surface area contributed by atoms with Crippen molar-refractivity contribution in [2.75, 3.05) is 6.61 Å². The van der Waals surface area contributed by atoms with Crippen molar-refractivity contribution in [3.05, 3.63) is 33.1 Å². The number of hydrogen-bond acceptors (Lipinski definition) is 7. The molecule has 1 aromatic heterocycles. The first-order chi connectivity index (χ1) is 13.7. The first-order valence-electron chi connectivity index (χ1n) is 9.53. The second-order valence-corrected chi connectivity index (χ2v) is 8.72. The van der Waals surface area contributed by atoms with Gasteiger partial charge in [0.2, 0.25) is 0 Å². The Balaban J connectivity index is 2.24. The fourth-order valence-electron chi connectivity index (χ4n) is 3.18. The molecule has 0 aromatic carbocycles. The zero-order chi connectivity index (χ0) is 21.7. The molecule has 1 aliphatic rings. The average molecular weight is 430 g/mol. The summed E-state index contributed by atoms with van der Waals surface area (Å²) in [7, 11) is -1.66. The molecule has 1 aromatic rings. The Bertz CT molecular complexity index is 815. The predicted octanol–water partition coefficient (Wildman–Crippen LogP) is 2.45. The van der Waals surface area contributed by atoms with E-state index in [-0.39, 0.29) is 25.1 Å². The van der Waals surface area contributed by atoms with Crippen LogP contribution in [0.1, 0.15) is 47.3 Å². The van der Waals surface area contributed by atoms with E-state index >= 15 is 4.39 Å². The smallest absolute Gasteiger partial charge is 0.330 e. The third-order valence-electron chi connectivity index (χ3n) is 4.40. The minimum atomic E-state index is -1.66. The van der Waals surface area contributed by atoms with Gasteiger partial charge in [-0.05, 0) is 34.6 Å². The van der Waals surface area contributed by atoms with Crippen LogP contribution in [0.25, 0.3) is 0 Å². The number of aromatic amines is 1. The van der Waals surface area contributed by atoms with Gasteiger partial charge in [-0.25, -0.2) is 13.9 Å². The third-order valence-corrected chi connectivity index (χ3v) is 6.53. The Labute approximate surface area is 170 Å². The third kappa shape index (κ3) is 5.71. The number of H-pyrrole nitrogens is 1. The number of aromatic nitrogens is 2. The van der Waals surface area contributed by atoms with E-state index in [1.165, 1.54) is 6.20 Å². The molecule has 1 saturated heterocycles. The minimum absolute atomic E-state index is 0.0662. The van der Waals surface area contributed by atoms with E-state index in [4.69, 9.17) is 19.0 Å². The molecule has 1 N–H and O–H groups in total. The molecular formula is C18H28FN4O5P. The lowest BCUT2D eigenvalue weighted by Crippen LogP contribution is -2.38. The molecule has 0 saturated carbocycles. The molecule has 2 unspecified atom stereocenters. The Morgan fingerprint density at radius 2 is 2.03 bits per heavy atom. The van der Waals surface area contributed by atoms with Crippen LogP contribution < -0.4 is 11.2 Å². The standard InChI is InChI=1S/C18H28FN4O5P/c1-11(2)23(12(3)4)29(26-10-6-8-20)28-16-13(5)27-17(15(16)19)22-9-7-14(24)21-18(22)25/h7,9,11-13,15-17H,6,10H2,1-5H3,(H,21,24,25)/t13-,15?,16+,17-,29?/m1/s1. The molecule has 9 nitrogen and oxygen atoms in total. The molecular weight excluding hydrogens is 402 g/mol. The van der Waals surface area contributed by atoms with E-state index < -0.39 is 44.4 Å². The highest BCUT2D eigenvalue weighted by Crippen LogP contribution is 2.50. The Kier molecular flexibility index (Phi) is 8.49. The molecule has 11 heteroatoms. The van der Waals surface area contributed by atoms with E-state index in [9.17, 15) is 9.59 Å². The normalized spacial score (nSPS) is 25.7. The fraction of sp³-hybridized carbons (Fsp3) is 0.722. The Morgan fingerprint density at radius 1 is 1.38 bits per heavy atom. The molecule has 2 heterocycles. The number of nitriles is 1. The van der Waals surface area contributed by atoms with Crippen LogP contribution in [0.2, 0.25) is 0 Å². The molecule has 0 bridgehead atoms. The molecule has 0 amide bonds. The maximum absolute atomic E-state index is 15.3. The first-order valence-corrected chi connectivity index (χ1v) is 10.7. The lowest BCUT2D eigenvalue weighted by molar-refractivity contribution is -0.0180. The molecule has 162 valence electrons. The van der Waals surface area contributed by atoms with Crippen molar-refractivity contribution < 1.29 is 18.2 Å². The zero-order valence-electron chi connectivity index (χ0n) is 17.2. The van der Waals surface area contributed by atoms with E-state index in [1.807, 2.05) is 38.4 Å². The molecule has 0 aliphatic carbocycles. The summed E-state index contributed by atoms with van der Waals surface area (Å²) in [5.41, 5.74) is -1.32. The second-order valence-electron chi connectivity index (χ2n) is 7.31. The summed E-state index contributed by atoms with van der Waals surface area (Å²) in [4.78, 5) is 25.4. The SMILES string of the molecule is CC(C)N(C(C)C)P(OCCC#N)O[C@@H]1C(F)[C@H](n2ccc(=O)[nH]c2=O)O[C@@H]1C. The number of nitrogens with one attached hydrogen (secondary N) is 1. The van der Waals surface area contributed by atoms with Gasteiger partial charge in [-0.3, -0.25) is 14.3 Å². The van der Waals surface area contributed by atoms with Gasteiger partial charge in [0.05, 0.1) is 25.2 Å². The Hall–Kier alpha value is -1.63. The van der Waals surface area contributed by atoms with Gasteiger partial charge >= 0.3 is 5.69 Å². The lowest BCUT2D eigenvalue weighted by atomic mass is 10.2. The number of ether oxygens (including phenoxy) is 1. The van der Waals surface area contributed by atoms with Gasteiger partial charge in [-0.15, -0.1) is 0 Å². The van der Waals surface area contributed by atoms with Crippen molar-refractivity contribution in [1.29, 1.82) is 5.26 Å². The van der Waals surface area contributed by atoms with E-state index in [0.717, 1.165) is 10.6 Å². The molecule has 0 radical (unpaired) electrons.